The fourth-order valence-electron chi connectivity index (χ4n) is 2.02. The SMILES string of the molecule is CCOc1ccccc1-c1csc(CCNCC(C)O)n1. The first-order chi connectivity index (χ1) is 10.2. The molecule has 1 heterocycles. The standard InChI is InChI=1S/C16H22N2O2S/c1-3-20-15-7-5-4-6-13(15)14-11-21-16(18-14)8-9-17-10-12(2)19/h4-7,11-12,17,19H,3,8-10H2,1-2H3. The summed E-state index contributed by atoms with van der Waals surface area (Å²) in [5.74, 6) is 0.879. The van der Waals surface area contributed by atoms with Crippen LogP contribution in [-0.2, 0) is 6.42 Å². The number of hydrogen-bond acceptors (Lipinski definition) is 5. The molecule has 1 atom stereocenters. The number of benzene rings is 1. The second-order valence-electron chi connectivity index (χ2n) is 4.86. The number of aromatic nitrogens is 1. The van der Waals surface area contributed by atoms with Crippen molar-refractivity contribution in [1.29, 1.82) is 0 Å². The van der Waals surface area contributed by atoms with Crippen molar-refractivity contribution in [2.24, 2.45) is 0 Å². The predicted octanol–water partition coefficient (Wildman–Crippen LogP) is 2.72. The Balaban J connectivity index is 1.99. The monoisotopic (exact) mass is 306 g/mol. The van der Waals surface area contributed by atoms with Crippen LogP contribution in [0.25, 0.3) is 11.3 Å². The van der Waals surface area contributed by atoms with E-state index in [2.05, 4.69) is 15.7 Å². The number of ether oxygens (including phenoxy) is 1. The average molecular weight is 306 g/mol. The van der Waals surface area contributed by atoms with E-state index in [1.54, 1.807) is 18.3 Å². The van der Waals surface area contributed by atoms with Gasteiger partial charge in [0.15, 0.2) is 0 Å². The topological polar surface area (TPSA) is 54.4 Å². The van der Waals surface area contributed by atoms with Crippen molar-refractivity contribution in [2.75, 3.05) is 19.7 Å². The lowest BCUT2D eigenvalue weighted by Gasteiger charge is -2.07. The van der Waals surface area contributed by atoms with Gasteiger partial charge in [0.05, 0.1) is 23.4 Å². The maximum Gasteiger partial charge on any atom is 0.128 e. The van der Waals surface area contributed by atoms with E-state index in [9.17, 15) is 5.11 Å². The van der Waals surface area contributed by atoms with E-state index in [0.717, 1.165) is 35.0 Å². The first kappa shape index (κ1) is 15.9. The highest BCUT2D eigenvalue weighted by Gasteiger charge is 2.09. The number of nitrogens with zero attached hydrogens (tertiary/aromatic N) is 1. The highest BCUT2D eigenvalue weighted by atomic mass is 32.1. The van der Waals surface area contributed by atoms with Gasteiger partial charge >= 0.3 is 0 Å². The molecule has 4 nitrogen and oxygen atoms in total. The van der Waals surface area contributed by atoms with Gasteiger partial charge in [-0.15, -0.1) is 11.3 Å². The molecule has 1 unspecified atom stereocenters. The summed E-state index contributed by atoms with van der Waals surface area (Å²) in [5, 5.41) is 15.6. The molecular formula is C16H22N2O2S. The Morgan fingerprint density at radius 2 is 2.19 bits per heavy atom. The minimum atomic E-state index is -0.310. The van der Waals surface area contributed by atoms with E-state index in [1.807, 2.05) is 31.2 Å². The number of rotatable bonds is 8. The van der Waals surface area contributed by atoms with E-state index in [1.165, 1.54) is 0 Å². The second-order valence-corrected chi connectivity index (χ2v) is 5.80. The van der Waals surface area contributed by atoms with E-state index in [0.29, 0.717) is 13.2 Å². The highest BCUT2D eigenvalue weighted by Crippen LogP contribution is 2.30. The van der Waals surface area contributed by atoms with Gasteiger partial charge in [0.25, 0.3) is 0 Å². The van der Waals surface area contributed by atoms with Crippen LogP contribution in [0.3, 0.4) is 0 Å². The lowest BCUT2D eigenvalue weighted by Crippen LogP contribution is -2.26. The molecule has 1 aromatic carbocycles. The minimum Gasteiger partial charge on any atom is -0.493 e. The molecule has 0 saturated carbocycles. The molecule has 0 spiro atoms. The summed E-state index contributed by atoms with van der Waals surface area (Å²) in [4.78, 5) is 4.68. The first-order valence-corrected chi connectivity index (χ1v) is 8.14. The van der Waals surface area contributed by atoms with Crippen LogP contribution in [0.1, 0.15) is 18.9 Å². The summed E-state index contributed by atoms with van der Waals surface area (Å²) in [5.41, 5.74) is 2.01. The Kier molecular flexibility index (Phi) is 6.17. The number of para-hydroxylation sites is 1. The van der Waals surface area contributed by atoms with Crippen molar-refractivity contribution in [1.82, 2.24) is 10.3 Å². The molecule has 2 rings (SSSR count). The Labute approximate surface area is 129 Å². The van der Waals surface area contributed by atoms with Crippen LogP contribution in [0.5, 0.6) is 5.75 Å². The van der Waals surface area contributed by atoms with Gasteiger partial charge in [-0.3, -0.25) is 0 Å². The fraction of sp³-hybridized carbons (Fsp3) is 0.438. The Morgan fingerprint density at radius 3 is 2.95 bits per heavy atom. The highest BCUT2D eigenvalue weighted by molar-refractivity contribution is 7.09. The summed E-state index contributed by atoms with van der Waals surface area (Å²) >= 11 is 1.66. The lowest BCUT2D eigenvalue weighted by atomic mass is 10.1. The lowest BCUT2D eigenvalue weighted by molar-refractivity contribution is 0.191. The van der Waals surface area contributed by atoms with Crippen molar-refractivity contribution in [2.45, 2.75) is 26.4 Å². The molecule has 114 valence electrons. The molecule has 0 aliphatic heterocycles. The molecule has 1 aromatic heterocycles. The molecule has 0 radical (unpaired) electrons. The Bertz CT molecular complexity index is 555. The maximum absolute atomic E-state index is 9.19. The van der Waals surface area contributed by atoms with Gasteiger partial charge < -0.3 is 15.2 Å². The van der Waals surface area contributed by atoms with Gasteiger partial charge in [-0.25, -0.2) is 4.98 Å². The van der Waals surface area contributed by atoms with E-state index in [4.69, 9.17) is 4.74 Å². The molecule has 0 fully saturated rings. The van der Waals surface area contributed by atoms with Gasteiger partial charge in [-0.1, -0.05) is 12.1 Å². The smallest absolute Gasteiger partial charge is 0.128 e. The maximum atomic E-state index is 9.19. The first-order valence-electron chi connectivity index (χ1n) is 7.26. The summed E-state index contributed by atoms with van der Waals surface area (Å²) in [7, 11) is 0. The van der Waals surface area contributed by atoms with Gasteiger partial charge in [0, 0.05) is 30.5 Å². The zero-order valence-corrected chi connectivity index (χ0v) is 13.3. The van der Waals surface area contributed by atoms with Crippen LogP contribution < -0.4 is 10.1 Å². The molecule has 0 amide bonds. The Hall–Kier alpha value is -1.43. The van der Waals surface area contributed by atoms with Crippen molar-refractivity contribution < 1.29 is 9.84 Å². The predicted molar refractivity (Wildman–Crippen MR) is 87.0 cm³/mol. The van der Waals surface area contributed by atoms with Crippen LogP contribution in [-0.4, -0.2) is 35.9 Å². The number of aliphatic hydroxyl groups excluding tert-OH is 1. The van der Waals surface area contributed by atoms with Gasteiger partial charge in [0.1, 0.15) is 5.75 Å². The van der Waals surface area contributed by atoms with Crippen LogP contribution in [0.4, 0.5) is 0 Å². The van der Waals surface area contributed by atoms with Gasteiger partial charge in [-0.05, 0) is 26.0 Å². The summed E-state index contributed by atoms with van der Waals surface area (Å²) < 4.78 is 5.65. The van der Waals surface area contributed by atoms with Crippen LogP contribution in [0.2, 0.25) is 0 Å². The average Bonchev–Trinajstić information content (AvgIpc) is 2.93. The number of thiazole rings is 1. The molecule has 0 aliphatic rings. The Morgan fingerprint density at radius 1 is 1.38 bits per heavy atom. The quantitative estimate of drug-likeness (QED) is 0.736. The van der Waals surface area contributed by atoms with E-state index < -0.39 is 0 Å². The summed E-state index contributed by atoms with van der Waals surface area (Å²) in [6.45, 7) is 5.85. The van der Waals surface area contributed by atoms with E-state index >= 15 is 0 Å². The zero-order chi connectivity index (χ0) is 15.1. The molecule has 21 heavy (non-hydrogen) atoms. The fourth-order valence-corrected chi connectivity index (χ4v) is 2.81. The van der Waals surface area contributed by atoms with Gasteiger partial charge in [0.2, 0.25) is 0 Å². The molecule has 2 N–H and O–H groups in total. The molecular weight excluding hydrogens is 284 g/mol. The minimum absolute atomic E-state index is 0.310. The second kappa shape index (κ2) is 8.12. The normalized spacial score (nSPS) is 12.3. The van der Waals surface area contributed by atoms with Crippen molar-refractivity contribution in [3.63, 3.8) is 0 Å². The third kappa shape index (κ3) is 4.81. The number of hydrogen-bond donors (Lipinski definition) is 2. The third-order valence-corrected chi connectivity index (χ3v) is 3.88. The molecule has 0 bridgehead atoms. The number of aliphatic hydroxyl groups is 1. The molecule has 0 saturated heterocycles. The van der Waals surface area contributed by atoms with Crippen molar-refractivity contribution in [3.05, 3.63) is 34.7 Å². The van der Waals surface area contributed by atoms with E-state index in [-0.39, 0.29) is 6.10 Å². The molecule has 0 aliphatic carbocycles. The third-order valence-electron chi connectivity index (χ3n) is 2.97. The van der Waals surface area contributed by atoms with Crippen LogP contribution in [0.15, 0.2) is 29.6 Å². The van der Waals surface area contributed by atoms with Crippen LogP contribution >= 0.6 is 11.3 Å². The summed E-state index contributed by atoms with van der Waals surface area (Å²) in [6, 6.07) is 7.99. The molecule has 2 aromatic rings. The molecule has 5 heteroatoms. The largest absolute Gasteiger partial charge is 0.493 e. The van der Waals surface area contributed by atoms with Crippen molar-refractivity contribution >= 4 is 11.3 Å². The van der Waals surface area contributed by atoms with Crippen molar-refractivity contribution in [3.8, 4) is 17.0 Å². The van der Waals surface area contributed by atoms with Crippen LogP contribution in [0, 0.1) is 0 Å². The zero-order valence-electron chi connectivity index (χ0n) is 12.5. The van der Waals surface area contributed by atoms with Gasteiger partial charge in [-0.2, -0.15) is 0 Å². The summed E-state index contributed by atoms with van der Waals surface area (Å²) in [6.07, 6.45) is 0.559. The number of nitrogens with one attached hydrogen (secondary N) is 1.